The van der Waals surface area contributed by atoms with Crippen molar-refractivity contribution in [1.29, 1.82) is 0 Å². The number of anilines is 2. The highest BCUT2D eigenvalue weighted by Crippen LogP contribution is 2.25. The van der Waals surface area contributed by atoms with E-state index in [2.05, 4.69) is 34.0 Å². The number of hydrogen-bond donors (Lipinski definition) is 1. The summed E-state index contributed by atoms with van der Waals surface area (Å²) in [6, 6.07) is 0.304. The van der Waals surface area contributed by atoms with Crippen LogP contribution < -0.4 is 15.4 Å². The maximum absolute atomic E-state index is 5.68. The van der Waals surface area contributed by atoms with Gasteiger partial charge in [-0.2, -0.15) is 15.0 Å². The van der Waals surface area contributed by atoms with Crippen LogP contribution >= 0.6 is 0 Å². The Labute approximate surface area is 113 Å². The normalized spacial score (nSPS) is 22.3. The van der Waals surface area contributed by atoms with Crippen molar-refractivity contribution in [2.24, 2.45) is 11.8 Å². The Kier molecular flexibility index (Phi) is 4.19. The number of nitrogen functional groups attached to an aromatic ring is 1. The molecule has 1 aromatic heterocycles. The maximum Gasteiger partial charge on any atom is 0.323 e. The van der Waals surface area contributed by atoms with Gasteiger partial charge >= 0.3 is 6.01 Å². The van der Waals surface area contributed by atoms with E-state index in [1.807, 2.05) is 14.1 Å². The van der Waals surface area contributed by atoms with Crippen LogP contribution in [0.1, 0.15) is 19.8 Å². The second kappa shape index (κ2) is 5.86. The van der Waals surface area contributed by atoms with Gasteiger partial charge in [0.1, 0.15) is 0 Å². The van der Waals surface area contributed by atoms with E-state index in [9.17, 15) is 0 Å². The van der Waals surface area contributed by atoms with Gasteiger partial charge in [0.25, 0.3) is 0 Å². The molecule has 2 unspecified atom stereocenters. The van der Waals surface area contributed by atoms with Crippen molar-refractivity contribution in [3.63, 3.8) is 0 Å². The third kappa shape index (κ3) is 3.56. The lowest BCUT2D eigenvalue weighted by molar-refractivity contribution is 0.186. The molecule has 1 aromatic rings. The summed E-state index contributed by atoms with van der Waals surface area (Å²) in [5.41, 5.74) is 5.65. The summed E-state index contributed by atoms with van der Waals surface area (Å²) < 4.78 is 5.68. The fraction of sp³-hybridized carbons (Fsp3) is 0.615. The van der Waals surface area contributed by atoms with Crippen LogP contribution in [0.3, 0.4) is 0 Å². The van der Waals surface area contributed by atoms with E-state index in [-0.39, 0.29) is 5.95 Å². The van der Waals surface area contributed by atoms with E-state index in [0.29, 0.717) is 30.4 Å². The third-order valence-corrected chi connectivity index (χ3v) is 3.36. The van der Waals surface area contributed by atoms with Crippen LogP contribution in [0.2, 0.25) is 0 Å². The molecule has 0 aromatic carbocycles. The molecule has 1 heterocycles. The zero-order valence-electron chi connectivity index (χ0n) is 11.7. The molecule has 6 nitrogen and oxygen atoms in total. The first-order chi connectivity index (χ1) is 9.06. The first-order valence-corrected chi connectivity index (χ1v) is 6.53. The molecular formula is C13H21N5O. The minimum absolute atomic E-state index is 0.185. The Morgan fingerprint density at radius 1 is 1.26 bits per heavy atom. The van der Waals surface area contributed by atoms with Gasteiger partial charge in [-0.15, -0.1) is 0 Å². The lowest BCUT2D eigenvalue weighted by atomic mass is 9.85. The van der Waals surface area contributed by atoms with Crippen LogP contribution in [0.4, 0.5) is 11.9 Å². The van der Waals surface area contributed by atoms with Crippen molar-refractivity contribution in [3.05, 3.63) is 12.2 Å². The predicted molar refractivity (Wildman–Crippen MR) is 75.1 cm³/mol. The van der Waals surface area contributed by atoms with Crippen molar-refractivity contribution >= 4 is 11.9 Å². The van der Waals surface area contributed by atoms with E-state index in [1.165, 1.54) is 0 Å². The molecule has 0 spiro atoms. The van der Waals surface area contributed by atoms with E-state index in [0.717, 1.165) is 12.8 Å². The number of nitrogens with zero attached hydrogens (tertiary/aromatic N) is 4. The topological polar surface area (TPSA) is 77.2 Å². The van der Waals surface area contributed by atoms with Gasteiger partial charge in [0.2, 0.25) is 11.9 Å². The number of rotatable bonds is 4. The standard InChI is InChI=1S/C13H21N5O/c1-9-6-4-5-7-10(9)8-19-13-16-11(14)15-12(17-13)18(2)3/h4-5,9-10H,6-8H2,1-3H3,(H2,14,15,16,17). The van der Waals surface area contributed by atoms with Gasteiger partial charge in [-0.05, 0) is 24.7 Å². The molecule has 6 heteroatoms. The first-order valence-electron chi connectivity index (χ1n) is 6.53. The van der Waals surface area contributed by atoms with Crippen LogP contribution in [0.5, 0.6) is 6.01 Å². The Morgan fingerprint density at radius 3 is 2.68 bits per heavy atom. The summed E-state index contributed by atoms with van der Waals surface area (Å²) in [6.07, 6.45) is 6.59. The Bertz CT molecular complexity index is 460. The molecular weight excluding hydrogens is 242 g/mol. The molecule has 0 saturated carbocycles. The molecule has 0 fully saturated rings. The molecule has 2 rings (SSSR count). The molecule has 2 atom stereocenters. The molecule has 0 amide bonds. The molecule has 0 saturated heterocycles. The molecule has 0 aliphatic heterocycles. The summed E-state index contributed by atoms with van der Waals surface area (Å²) in [4.78, 5) is 14.0. The Balaban J connectivity index is 2.01. The molecule has 2 N–H and O–H groups in total. The van der Waals surface area contributed by atoms with Gasteiger partial charge < -0.3 is 15.4 Å². The number of hydrogen-bond acceptors (Lipinski definition) is 6. The molecule has 104 valence electrons. The minimum atomic E-state index is 0.185. The van der Waals surface area contributed by atoms with Gasteiger partial charge in [-0.1, -0.05) is 19.1 Å². The van der Waals surface area contributed by atoms with Gasteiger partial charge in [0.05, 0.1) is 6.61 Å². The van der Waals surface area contributed by atoms with Crippen LogP contribution in [-0.2, 0) is 0 Å². The maximum atomic E-state index is 5.68. The quantitative estimate of drug-likeness (QED) is 0.829. The average Bonchev–Trinajstić information content (AvgIpc) is 2.37. The monoisotopic (exact) mass is 263 g/mol. The molecule has 0 bridgehead atoms. The number of allylic oxidation sites excluding steroid dienone is 2. The van der Waals surface area contributed by atoms with Crippen molar-refractivity contribution in [2.45, 2.75) is 19.8 Å². The summed E-state index contributed by atoms with van der Waals surface area (Å²) in [7, 11) is 3.71. The van der Waals surface area contributed by atoms with E-state index >= 15 is 0 Å². The summed E-state index contributed by atoms with van der Waals surface area (Å²) in [5.74, 6) is 1.83. The fourth-order valence-electron chi connectivity index (χ4n) is 2.05. The fourth-order valence-corrected chi connectivity index (χ4v) is 2.05. The second-order valence-electron chi connectivity index (χ2n) is 5.16. The van der Waals surface area contributed by atoms with Crippen LogP contribution in [0.15, 0.2) is 12.2 Å². The summed E-state index contributed by atoms with van der Waals surface area (Å²) in [5, 5.41) is 0. The smallest absolute Gasteiger partial charge is 0.323 e. The molecule has 0 radical (unpaired) electrons. The van der Waals surface area contributed by atoms with Crippen LogP contribution in [0, 0.1) is 11.8 Å². The largest absolute Gasteiger partial charge is 0.463 e. The summed E-state index contributed by atoms with van der Waals surface area (Å²) in [6.45, 7) is 2.85. The minimum Gasteiger partial charge on any atom is -0.463 e. The third-order valence-electron chi connectivity index (χ3n) is 3.36. The van der Waals surface area contributed by atoms with E-state index in [1.54, 1.807) is 4.90 Å². The second-order valence-corrected chi connectivity index (χ2v) is 5.16. The van der Waals surface area contributed by atoms with Crippen molar-refractivity contribution in [3.8, 4) is 6.01 Å². The predicted octanol–water partition coefficient (Wildman–Crippen LogP) is 1.50. The van der Waals surface area contributed by atoms with Crippen LogP contribution in [0.25, 0.3) is 0 Å². The molecule has 1 aliphatic rings. The SMILES string of the molecule is CC1CC=CCC1COc1nc(N)nc(N(C)C)n1. The lowest BCUT2D eigenvalue weighted by Crippen LogP contribution is -2.22. The number of ether oxygens (including phenoxy) is 1. The Hall–Kier alpha value is -1.85. The molecule has 1 aliphatic carbocycles. The number of aromatic nitrogens is 3. The van der Waals surface area contributed by atoms with E-state index < -0.39 is 0 Å². The van der Waals surface area contributed by atoms with Crippen LogP contribution in [-0.4, -0.2) is 35.7 Å². The zero-order valence-corrected chi connectivity index (χ0v) is 11.7. The highest BCUT2D eigenvalue weighted by molar-refractivity contribution is 5.33. The van der Waals surface area contributed by atoms with Gasteiger partial charge in [0, 0.05) is 14.1 Å². The first kappa shape index (κ1) is 13.6. The van der Waals surface area contributed by atoms with Crippen molar-refractivity contribution in [2.75, 3.05) is 31.3 Å². The van der Waals surface area contributed by atoms with Crippen molar-refractivity contribution < 1.29 is 4.74 Å². The molecule has 19 heavy (non-hydrogen) atoms. The average molecular weight is 263 g/mol. The zero-order chi connectivity index (χ0) is 13.8. The van der Waals surface area contributed by atoms with Gasteiger partial charge in [0.15, 0.2) is 0 Å². The Morgan fingerprint density at radius 2 is 2.00 bits per heavy atom. The lowest BCUT2D eigenvalue weighted by Gasteiger charge is -2.24. The van der Waals surface area contributed by atoms with Gasteiger partial charge in [-0.3, -0.25) is 0 Å². The van der Waals surface area contributed by atoms with Gasteiger partial charge in [-0.25, -0.2) is 0 Å². The summed E-state index contributed by atoms with van der Waals surface area (Å²) >= 11 is 0. The highest BCUT2D eigenvalue weighted by Gasteiger charge is 2.19. The number of nitrogens with two attached hydrogens (primary N) is 1. The van der Waals surface area contributed by atoms with E-state index in [4.69, 9.17) is 10.5 Å². The van der Waals surface area contributed by atoms with Crippen molar-refractivity contribution in [1.82, 2.24) is 15.0 Å². The highest BCUT2D eigenvalue weighted by atomic mass is 16.5.